The van der Waals surface area contributed by atoms with Gasteiger partial charge in [0.1, 0.15) is 5.75 Å². The molecule has 0 radical (unpaired) electrons. The van der Waals surface area contributed by atoms with Gasteiger partial charge in [-0.1, -0.05) is 92.7 Å². The number of ether oxygens (including phenoxy) is 1. The van der Waals surface area contributed by atoms with Crippen LogP contribution < -0.4 is 10.5 Å². The summed E-state index contributed by atoms with van der Waals surface area (Å²) < 4.78 is 5.68. The molecule has 2 N–H and O–H groups in total. The minimum atomic E-state index is -0.934. The number of esters is 1. The number of carbonyl (C=O) groups is 1. The van der Waals surface area contributed by atoms with Crippen LogP contribution in [0.5, 0.6) is 5.75 Å². The quantitative estimate of drug-likeness (QED) is 0.421. The van der Waals surface area contributed by atoms with Gasteiger partial charge in [0.25, 0.3) is 0 Å². The summed E-state index contributed by atoms with van der Waals surface area (Å²) in [5.74, 6) is -0.00832. The lowest BCUT2D eigenvalue weighted by molar-refractivity contribution is -0.137. The molecule has 0 atom stereocenters. The van der Waals surface area contributed by atoms with E-state index >= 15 is 0 Å². The predicted molar refractivity (Wildman–Crippen MR) is 104 cm³/mol. The second kappa shape index (κ2) is 7.54. The third kappa shape index (κ3) is 3.39. The molecule has 0 aliphatic heterocycles. The van der Waals surface area contributed by atoms with Gasteiger partial charge in [-0.3, -0.25) is 4.79 Å². The average molecular weight is 345 g/mol. The van der Waals surface area contributed by atoms with Crippen molar-refractivity contribution in [3.05, 3.63) is 102 Å². The summed E-state index contributed by atoms with van der Waals surface area (Å²) in [4.78, 5) is 12.2. The molecule has 0 unspecified atom stereocenters. The van der Waals surface area contributed by atoms with E-state index < -0.39 is 5.54 Å². The first-order valence-corrected chi connectivity index (χ1v) is 8.74. The van der Waals surface area contributed by atoms with Crippen LogP contribution in [0.2, 0.25) is 0 Å². The van der Waals surface area contributed by atoms with E-state index in [1.54, 1.807) is 6.07 Å². The molecule has 132 valence electrons. The highest BCUT2D eigenvalue weighted by atomic mass is 16.5. The molecule has 3 nitrogen and oxygen atoms in total. The van der Waals surface area contributed by atoms with Crippen LogP contribution in [0.4, 0.5) is 0 Å². The molecule has 3 aromatic rings. The molecule has 3 aromatic carbocycles. The Morgan fingerprint density at radius 1 is 0.808 bits per heavy atom. The first-order valence-electron chi connectivity index (χ1n) is 8.74. The Bertz CT molecular complexity index is 833. The third-order valence-electron chi connectivity index (χ3n) is 4.45. The minimum absolute atomic E-state index is 0.219. The van der Waals surface area contributed by atoms with Gasteiger partial charge in [0.05, 0.1) is 11.5 Å². The van der Waals surface area contributed by atoms with Gasteiger partial charge in [0, 0.05) is 5.56 Å². The molecule has 3 heteroatoms. The SMILES string of the molecule is CC(C)C(=O)Oc1ccccc1C(N)(c1ccccc1)c1ccccc1. The number of para-hydroxylation sites is 1. The first kappa shape index (κ1) is 17.9. The van der Waals surface area contributed by atoms with E-state index in [4.69, 9.17) is 10.5 Å². The fraction of sp³-hybridized carbons (Fsp3) is 0.174. The molecule has 0 saturated heterocycles. The molecular formula is C23H23NO2. The lowest BCUT2D eigenvalue weighted by Gasteiger charge is -2.32. The Kier molecular flexibility index (Phi) is 5.19. The number of carbonyl (C=O) groups excluding carboxylic acids is 1. The zero-order chi connectivity index (χ0) is 18.6. The molecule has 0 saturated carbocycles. The van der Waals surface area contributed by atoms with Crippen LogP contribution >= 0.6 is 0 Å². The fourth-order valence-corrected chi connectivity index (χ4v) is 2.99. The second-order valence-electron chi connectivity index (χ2n) is 6.61. The lowest BCUT2D eigenvalue weighted by Crippen LogP contribution is -2.39. The van der Waals surface area contributed by atoms with Crippen molar-refractivity contribution >= 4 is 5.97 Å². The number of benzene rings is 3. The normalized spacial score (nSPS) is 11.4. The Hall–Kier alpha value is -2.91. The van der Waals surface area contributed by atoms with Crippen LogP contribution in [0, 0.1) is 5.92 Å². The van der Waals surface area contributed by atoms with Gasteiger partial charge in [0.15, 0.2) is 0 Å². The van der Waals surface area contributed by atoms with Crippen LogP contribution in [-0.4, -0.2) is 5.97 Å². The number of nitrogens with two attached hydrogens (primary N) is 1. The van der Waals surface area contributed by atoms with E-state index in [1.165, 1.54) is 0 Å². The van der Waals surface area contributed by atoms with Crippen molar-refractivity contribution in [1.29, 1.82) is 0 Å². The van der Waals surface area contributed by atoms with E-state index in [-0.39, 0.29) is 11.9 Å². The summed E-state index contributed by atoms with van der Waals surface area (Å²) in [6.07, 6.45) is 0. The van der Waals surface area contributed by atoms with E-state index in [0.717, 1.165) is 16.7 Å². The van der Waals surface area contributed by atoms with Gasteiger partial charge in [0.2, 0.25) is 0 Å². The Labute approximate surface area is 154 Å². The van der Waals surface area contributed by atoms with Crippen LogP contribution in [0.25, 0.3) is 0 Å². The van der Waals surface area contributed by atoms with Crippen molar-refractivity contribution in [2.24, 2.45) is 11.7 Å². The highest BCUT2D eigenvalue weighted by molar-refractivity contribution is 5.75. The van der Waals surface area contributed by atoms with Crippen molar-refractivity contribution in [3.8, 4) is 5.75 Å². The zero-order valence-electron chi connectivity index (χ0n) is 15.1. The van der Waals surface area contributed by atoms with Gasteiger partial charge in [-0.05, 0) is 17.2 Å². The maximum Gasteiger partial charge on any atom is 0.313 e. The summed E-state index contributed by atoms with van der Waals surface area (Å²) in [6, 6.07) is 27.2. The van der Waals surface area contributed by atoms with Crippen LogP contribution in [0.3, 0.4) is 0 Å². The maximum atomic E-state index is 12.2. The van der Waals surface area contributed by atoms with Crippen molar-refractivity contribution in [1.82, 2.24) is 0 Å². The number of hydrogen-bond acceptors (Lipinski definition) is 3. The Morgan fingerprint density at radius 2 is 1.27 bits per heavy atom. The van der Waals surface area contributed by atoms with E-state index in [2.05, 4.69) is 0 Å². The summed E-state index contributed by atoms with van der Waals surface area (Å²) >= 11 is 0. The predicted octanol–water partition coefficient (Wildman–Crippen LogP) is 4.50. The van der Waals surface area contributed by atoms with E-state index in [1.807, 2.05) is 92.7 Å². The Morgan fingerprint density at radius 3 is 1.77 bits per heavy atom. The topological polar surface area (TPSA) is 52.3 Å². The smallest absolute Gasteiger partial charge is 0.313 e. The molecule has 0 aromatic heterocycles. The highest BCUT2D eigenvalue weighted by Crippen LogP contribution is 2.39. The maximum absolute atomic E-state index is 12.2. The molecule has 0 heterocycles. The van der Waals surface area contributed by atoms with Crippen LogP contribution in [0.15, 0.2) is 84.9 Å². The average Bonchev–Trinajstić information content (AvgIpc) is 2.69. The molecule has 0 bridgehead atoms. The molecule has 3 rings (SSSR count). The largest absolute Gasteiger partial charge is 0.426 e. The zero-order valence-corrected chi connectivity index (χ0v) is 15.1. The van der Waals surface area contributed by atoms with Gasteiger partial charge in [-0.15, -0.1) is 0 Å². The van der Waals surface area contributed by atoms with Gasteiger partial charge in [-0.25, -0.2) is 0 Å². The van der Waals surface area contributed by atoms with E-state index in [0.29, 0.717) is 5.75 Å². The standard InChI is InChI=1S/C23H23NO2/c1-17(2)22(25)26-21-16-10-9-15-20(21)23(24,18-11-5-3-6-12-18)19-13-7-4-8-14-19/h3-17H,24H2,1-2H3. The molecule has 0 fully saturated rings. The van der Waals surface area contributed by atoms with Crippen molar-refractivity contribution < 1.29 is 9.53 Å². The third-order valence-corrected chi connectivity index (χ3v) is 4.45. The summed E-state index contributed by atoms with van der Waals surface area (Å²) in [5, 5.41) is 0. The van der Waals surface area contributed by atoms with Crippen molar-refractivity contribution in [2.45, 2.75) is 19.4 Å². The molecule has 0 amide bonds. The monoisotopic (exact) mass is 345 g/mol. The lowest BCUT2D eigenvalue weighted by atomic mass is 9.77. The van der Waals surface area contributed by atoms with Crippen LogP contribution in [0.1, 0.15) is 30.5 Å². The summed E-state index contributed by atoms with van der Waals surface area (Å²) in [5.41, 5.74) is 8.70. The van der Waals surface area contributed by atoms with Crippen LogP contribution in [-0.2, 0) is 10.3 Å². The first-order chi connectivity index (χ1) is 12.5. The van der Waals surface area contributed by atoms with Gasteiger partial charge < -0.3 is 10.5 Å². The van der Waals surface area contributed by atoms with Crippen molar-refractivity contribution in [3.63, 3.8) is 0 Å². The summed E-state index contributed by atoms with van der Waals surface area (Å²) in [7, 11) is 0. The summed E-state index contributed by atoms with van der Waals surface area (Å²) in [6.45, 7) is 3.63. The molecular weight excluding hydrogens is 322 g/mol. The number of rotatable bonds is 5. The molecule has 0 aliphatic rings. The fourth-order valence-electron chi connectivity index (χ4n) is 2.99. The van der Waals surface area contributed by atoms with Crippen molar-refractivity contribution in [2.75, 3.05) is 0 Å². The molecule has 26 heavy (non-hydrogen) atoms. The molecule has 0 aliphatic carbocycles. The minimum Gasteiger partial charge on any atom is -0.426 e. The number of hydrogen-bond donors (Lipinski definition) is 1. The van der Waals surface area contributed by atoms with E-state index in [9.17, 15) is 4.79 Å². The Balaban J connectivity index is 2.20. The van der Waals surface area contributed by atoms with Gasteiger partial charge in [-0.2, -0.15) is 0 Å². The van der Waals surface area contributed by atoms with Gasteiger partial charge >= 0.3 is 5.97 Å². The highest BCUT2D eigenvalue weighted by Gasteiger charge is 2.35. The molecule has 0 spiro atoms. The second-order valence-corrected chi connectivity index (χ2v) is 6.61.